The number of benzene rings is 7. The van der Waals surface area contributed by atoms with E-state index in [2.05, 4.69) is 172 Å². The molecule has 1 aliphatic heterocycles. The van der Waals surface area contributed by atoms with Gasteiger partial charge in [-0.25, -0.2) is 15.0 Å². The molecule has 6 aliphatic carbocycles. The molecule has 4 saturated carbocycles. The maximum absolute atomic E-state index is 6.74. The van der Waals surface area contributed by atoms with Gasteiger partial charge in [-0.15, -0.1) is 0 Å². The number of ether oxygens (including phenoxy) is 1. The molecule has 1 spiro atoms. The van der Waals surface area contributed by atoms with Crippen LogP contribution in [-0.2, 0) is 16.2 Å². The lowest BCUT2D eigenvalue weighted by atomic mass is 9.61. The van der Waals surface area contributed by atoms with Crippen molar-refractivity contribution in [1.82, 2.24) is 15.0 Å². The summed E-state index contributed by atoms with van der Waals surface area (Å²) in [5, 5.41) is 0. The Morgan fingerprint density at radius 1 is 0.438 bits per heavy atom. The minimum atomic E-state index is -0.503. The molecule has 15 rings (SSSR count). The van der Waals surface area contributed by atoms with Gasteiger partial charge < -0.3 is 4.74 Å². The molecule has 7 aromatic carbocycles. The van der Waals surface area contributed by atoms with Gasteiger partial charge in [0.05, 0.1) is 5.41 Å². The molecule has 0 N–H and O–H groups in total. The zero-order valence-electron chi connectivity index (χ0n) is 36.4. The van der Waals surface area contributed by atoms with Crippen LogP contribution in [-0.4, -0.2) is 15.0 Å². The molecule has 0 saturated heterocycles. The highest BCUT2D eigenvalue weighted by atomic mass is 16.5. The summed E-state index contributed by atoms with van der Waals surface area (Å²) in [4.78, 5) is 16.4. The predicted molar refractivity (Wildman–Crippen MR) is 256 cm³/mol. The first-order chi connectivity index (χ1) is 31.4. The molecule has 4 bridgehead atoms. The van der Waals surface area contributed by atoms with Crippen molar-refractivity contribution in [1.29, 1.82) is 0 Å². The van der Waals surface area contributed by atoms with Gasteiger partial charge in [0.1, 0.15) is 17.3 Å². The number of hydrogen-bond acceptors (Lipinski definition) is 4. The minimum Gasteiger partial charge on any atom is -0.457 e. The molecule has 1 unspecified atom stereocenters. The Hall–Kier alpha value is -6.65. The summed E-state index contributed by atoms with van der Waals surface area (Å²) in [5.74, 6) is 6.88. The van der Waals surface area contributed by atoms with Gasteiger partial charge in [0, 0.05) is 33.1 Å². The Balaban J connectivity index is 0.889. The monoisotopic (exact) mass is 827 g/mol. The maximum atomic E-state index is 6.74. The molecule has 0 amide bonds. The molecule has 1 aromatic heterocycles. The standard InChI is InChI=1S/C60H49N3O/c1-58(2)47-14-6-3-11-43(47)46-25-23-42(33-51(46)58)56-61-55(62-57(63-56)59-28-27-36(34-59)29-37-30-38(31-37)35-59)40-21-19-39(20-22-40)41-24-26-54-52(32-41)60(50-17-9-10-18-53(50)64-54)48-15-7-4-12-44(48)45-13-5-8-16-49(45)60/h3-26,32-33,36-38H,27-31,34-35H2,1-2H3/t36-,37?,38?,59?/m0/s1. The second kappa shape index (κ2) is 13.2. The smallest absolute Gasteiger partial charge is 0.163 e. The molecule has 4 nitrogen and oxygen atoms in total. The fourth-order valence-electron chi connectivity index (χ4n) is 13.7. The topological polar surface area (TPSA) is 47.9 Å². The van der Waals surface area contributed by atoms with Crippen LogP contribution < -0.4 is 4.74 Å². The lowest BCUT2D eigenvalue weighted by molar-refractivity contribution is 0.0984. The molecule has 0 radical (unpaired) electrons. The van der Waals surface area contributed by atoms with Crippen molar-refractivity contribution in [2.45, 2.75) is 75.0 Å². The number of aromatic nitrogens is 3. The van der Waals surface area contributed by atoms with Crippen molar-refractivity contribution < 1.29 is 4.74 Å². The van der Waals surface area contributed by atoms with Crippen LogP contribution in [0.2, 0.25) is 0 Å². The summed E-state index contributed by atoms with van der Waals surface area (Å²) in [6, 6.07) is 58.0. The molecule has 2 heterocycles. The molecule has 64 heavy (non-hydrogen) atoms. The van der Waals surface area contributed by atoms with E-state index in [1.807, 2.05) is 0 Å². The van der Waals surface area contributed by atoms with Crippen LogP contribution in [0.4, 0.5) is 0 Å². The van der Waals surface area contributed by atoms with E-state index in [0.717, 1.165) is 69.0 Å². The molecular formula is C60H49N3O. The molecule has 4 fully saturated rings. The van der Waals surface area contributed by atoms with Crippen LogP contribution in [0.3, 0.4) is 0 Å². The van der Waals surface area contributed by atoms with Crippen molar-refractivity contribution >= 4 is 0 Å². The third kappa shape index (κ3) is 5.08. The quantitative estimate of drug-likeness (QED) is 0.177. The molecule has 2 atom stereocenters. The summed E-state index contributed by atoms with van der Waals surface area (Å²) in [6.07, 6.45) is 9.02. The van der Waals surface area contributed by atoms with Crippen molar-refractivity contribution in [3.05, 3.63) is 197 Å². The van der Waals surface area contributed by atoms with Gasteiger partial charge >= 0.3 is 0 Å². The van der Waals surface area contributed by atoms with E-state index in [9.17, 15) is 0 Å². The minimum absolute atomic E-state index is 0.0105. The second-order valence-corrected chi connectivity index (χ2v) is 20.5. The maximum Gasteiger partial charge on any atom is 0.163 e. The highest BCUT2D eigenvalue weighted by molar-refractivity contribution is 5.89. The summed E-state index contributed by atoms with van der Waals surface area (Å²) in [7, 11) is 0. The Morgan fingerprint density at radius 3 is 1.72 bits per heavy atom. The largest absolute Gasteiger partial charge is 0.457 e. The zero-order valence-corrected chi connectivity index (χ0v) is 36.4. The first-order valence-electron chi connectivity index (χ1n) is 23.6. The number of hydrogen-bond donors (Lipinski definition) is 0. The summed E-state index contributed by atoms with van der Waals surface area (Å²) >= 11 is 0. The Bertz CT molecular complexity index is 3200. The van der Waals surface area contributed by atoms with E-state index < -0.39 is 5.41 Å². The van der Waals surface area contributed by atoms with Crippen molar-refractivity contribution in [3.63, 3.8) is 0 Å². The predicted octanol–water partition coefficient (Wildman–Crippen LogP) is 14.5. The first-order valence-corrected chi connectivity index (χ1v) is 23.6. The fourth-order valence-corrected chi connectivity index (χ4v) is 13.7. The Labute approximate surface area is 375 Å². The van der Waals surface area contributed by atoms with E-state index in [0.29, 0.717) is 0 Å². The Kier molecular flexibility index (Phi) is 7.59. The second-order valence-electron chi connectivity index (χ2n) is 20.5. The Morgan fingerprint density at radius 2 is 0.969 bits per heavy atom. The lowest BCUT2D eigenvalue weighted by Gasteiger charge is -2.44. The number of fused-ring (bicyclic) bond motifs is 12. The first kappa shape index (κ1) is 36.8. The van der Waals surface area contributed by atoms with Crippen LogP contribution in [0, 0.1) is 17.8 Å². The SMILES string of the molecule is CC1(C)c2ccccc2-c2ccc(-c3nc(-c4ccc(-c5ccc6c(c5)C5(c7ccccc7O6)c6ccccc6-c6ccccc65)cc4)nc(C45CC[C@@H](CC6CC(C6)C4)C5)n3)cc21. The van der Waals surface area contributed by atoms with Crippen LogP contribution in [0.1, 0.15) is 98.0 Å². The summed E-state index contributed by atoms with van der Waals surface area (Å²) < 4.78 is 6.74. The highest BCUT2D eigenvalue weighted by Gasteiger charge is 2.52. The van der Waals surface area contributed by atoms with Gasteiger partial charge in [-0.1, -0.05) is 147 Å². The average Bonchev–Trinajstić information content (AvgIpc) is 3.97. The van der Waals surface area contributed by atoms with E-state index in [1.165, 1.54) is 101 Å². The fraction of sp³-hybridized carbons (Fsp3) is 0.250. The van der Waals surface area contributed by atoms with Crippen molar-refractivity contribution in [3.8, 4) is 67.7 Å². The number of rotatable bonds is 4. The van der Waals surface area contributed by atoms with Gasteiger partial charge in [-0.3, -0.25) is 0 Å². The number of para-hydroxylation sites is 1. The van der Waals surface area contributed by atoms with Crippen molar-refractivity contribution in [2.24, 2.45) is 17.8 Å². The van der Waals surface area contributed by atoms with Crippen molar-refractivity contribution in [2.75, 3.05) is 0 Å². The van der Waals surface area contributed by atoms with Crippen LogP contribution in [0.5, 0.6) is 11.5 Å². The van der Waals surface area contributed by atoms with Crippen LogP contribution in [0.25, 0.3) is 56.2 Å². The normalized spacial score (nSPS) is 23.0. The van der Waals surface area contributed by atoms with E-state index in [4.69, 9.17) is 19.7 Å². The molecule has 8 aromatic rings. The highest BCUT2D eigenvalue weighted by Crippen LogP contribution is 2.63. The van der Waals surface area contributed by atoms with Gasteiger partial charge in [0.15, 0.2) is 11.6 Å². The van der Waals surface area contributed by atoms with E-state index in [-0.39, 0.29) is 10.8 Å². The van der Waals surface area contributed by atoms with Crippen LogP contribution in [0.15, 0.2) is 158 Å². The van der Waals surface area contributed by atoms with Gasteiger partial charge in [-0.2, -0.15) is 0 Å². The zero-order chi connectivity index (χ0) is 42.4. The van der Waals surface area contributed by atoms with E-state index >= 15 is 0 Å². The third-order valence-corrected chi connectivity index (χ3v) is 16.7. The van der Waals surface area contributed by atoms with Gasteiger partial charge in [0.25, 0.3) is 0 Å². The van der Waals surface area contributed by atoms with Gasteiger partial charge in [-0.05, 0) is 143 Å². The molecule has 4 heteroatoms. The molecular weight excluding hydrogens is 779 g/mol. The summed E-state index contributed by atoms with van der Waals surface area (Å²) in [5.41, 5.74) is 16.7. The average molecular weight is 828 g/mol. The molecule has 310 valence electrons. The lowest BCUT2D eigenvalue weighted by Crippen LogP contribution is -2.37. The van der Waals surface area contributed by atoms with Gasteiger partial charge in [0.2, 0.25) is 0 Å². The summed E-state index contributed by atoms with van der Waals surface area (Å²) in [6.45, 7) is 4.70. The van der Waals surface area contributed by atoms with E-state index in [1.54, 1.807) is 0 Å². The van der Waals surface area contributed by atoms with Crippen LogP contribution >= 0.6 is 0 Å². The third-order valence-electron chi connectivity index (χ3n) is 16.7. The number of nitrogens with zero attached hydrogens (tertiary/aromatic N) is 3. The molecule has 7 aliphatic rings.